The molecule has 5 nitrogen and oxygen atoms in total. The standard InChI is InChI=1S/C19H30N4O/c1-14(2)12-20-19(21-13-18(24)23(3)4)22-17-10-9-15-7-5-6-8-16(15)11-17/h5-8,14,17H,9-13H2,1-4H3,(H2,20,21,22). The molecule has 0 aliphatic heterocycles. The van der Waals surface area contributed by atoms with Gasteiger partial charge in [-0.05, 0) is 36.3 Å². The number of aryl methyl sites for hydroxylation is 1. The number of guanidine groups is 1. The van der Waals surface area contributed by atoms with Crippen molar-refractivity contribution in [3.8, 4) is 0 Å². The number of nitrogens with zero attached hydrogens (tertiary/aromatic N) is 2. The molecule has 24 heavy (non-hydrogen) atoms. The Balaban J connectivity index is 1.99. The summed E-state index contributed by atoms with van der Waals surface area (Å²) >= 11 is 0. The summed E-state index contributed by atoms with van der Waals surface area (Å²) < 4.78 is 0. The summed E-state index contributed by atoms with van der Waals surface area (Å²) in [5.41, 5.74) is 2.86. The van der Waals surface area contributed by atoms with Crippen molar-refractivity contribution in [3.05, 3.63) is 35.4 Å². The molecule has 1 aromatic carbocycles. The van der Waals surface area contributed by atoms with Gasteiger partial charge in [-0.25, -0.2) is 4.99 Å². The number of benzene rings is 1. The molecule has 0 fully saturated rings. The first-order valence-electron chi connectivity index (χ1n) is 8.77. The van der Waals surface area contributed by atoms with E-state index >= 15 is 0 Å². The third-order valence-corrected chi connectivity index (χ3v) is 4.24. The number of carbonyl (C=O) groups is 1. The summed E-state index contributed by atoms with van der Waals surface area (Å²) in [6, 6.07) is 8.98. The SMILES string of the molecule is CC(C)CNC(=NCC(=O)N(C)C)NC1CCc2ccccc2C1. The third-order valence-electron chi connectivity index (χ3n) is 4.24. The second-order valence-electron chi connectivity index (χ2n) is 7.08. The van der Waals surface area contributed by atoms with E-state index in [0.29, 0.717) is 12.0 Å². The maximum Gasteiger partial charge on any atom is 0.243 e. The number of hydrogen-bond acceptors (Lipinski definition) is 2. The summed E-state index contributed by atoms with van der Waals surface area (Å²) in [4.78, 5) is 17.8. The lowest BCUT2D eigenvalue weighted by Gasteiger charge is -2.27. The largest absolute Gasteiger partial charge is 0.356 e. The lowest BCUT2D eigenvalue weighted by Crippen LogP contribution is -2.47. The average molecular weight is 330 g/mol. The van der Waals surface area contributed by atoms with Gasteiger partial charge >= 0.3 is 0 Å². The summed E-state index contributed by atoms with van der Waals surface area (Å²) in [5, 5.41) is 6.87. The molecule has 1 aliphatic rings. The van der Waals surface area contributed by atoms with E-state index in [1.54, 1.807) is 19.0 Å². The van der Waals surface area contributed by atoms with Crippen LogP contribution >= 0.6 is 0 Å². The Kier molecular flexibility index (Phi) is 6.64. The highest BCUT2D eigenvalue weighted by molar-refractivity contribution is 5.85. The van der Waals surface area contributed by atoms with E-state index in [1.807, 2.05) is 0 Å². The molecule has 2 N–H and O–H groups in total. The molecule has 132 valence electrons. The lowest BCUT2D eigenvalue weighted by molar-refractivity contribution is -0.127. The summed E-state index contributed by atoms with van der Waals surface area (Å²) in [6.45, 7) is 5.33. The van der Waals surface area contributed by atoms with Crippen molar-refractivity contribution in [2.75, 3.05) is 27.2 Å². The first kappa shape index (κ1) is 18.3. The normalized spacial score (nSPS) is 17.4. The number of hydrogen-bond donors (Lipinski definition) is 2. The predicted octanol–water partition coefficient (Wildman–Crippen LogP) is 1.82. The van der Waals surface area contributed by atoms with Gasteiger partial charge in [0.05, 0.1) is 0 Å². The zero-order valence-electron chi connectivity index (χ0n) is 15.3. The molecule has 0 bridgehead atoms. The number of rotatable bonds is 5. The van der Waals surface area contributed by atoms with Crippen LogP contribution in [0.2, 0.25) is 0 Å². The Morgan fingerprint density at radius 1 is 1.29 bits per heavy atom. The summed E-state index contributed by atoms with van der Waals surface area (Å²) in [6.07, 6.45) is 3.17. The molecule has 1 amide bonds. The van der Waals surface area contributed by atoms with Crippen LogP contribution in [0.5, 0.6) is 0 Å². The molecule has 5 heteroatoms. The maximum absolute atomic E-state index is 11.8. The van der Waals surface area contributed by atoms with Crippen molar-refractivity contribution in [3.63, 3.8) is 0 Å². The quantitative estimate of drug-likeness (QED) is 0.640. The Bertz CT molecular complexity index is 580. The zero-order chi connectivity index (χ0) is 17.5. The number of likely N-dealkylation sites (N-methyl/N-ethyl adjacent to an activating group) is 1. The number of fused-ring (bicyclic) bond motifs is 1. The highest BCUT2D eigenvalue weighted by Crippen LogP contribution is 2.20. The van der Waals surface area contributed by atoms with E-state index in [0.717, 1.165) is 31.8 Å². The summed E-state index contributed by atoms with van der Waals surface area (Å²) in [7, 11) is 3.51. The first-order valence-corrected chi connectivity index (χ1v) is 8.77. The average Bonchev–Trinajstić information content (AvgIpc) is 2.56. The van der Waals surface area contributed by atoms with Crippen LogP contribution in [0.4, 0.5) is 0 Å². The van der Waals surface area contributed by atoms with Gasteiger partial charge in [-0.2, -0.15) is 0 Å². The molecule has 0 spiro atoms. The highest BCUT2D eigenvalue weighted by Gasteiger charge is 2.19. The molecule has 1 unspecified atom stereocenters. The van der Waals surface area contributed by atoms with Crippen molar-refractivity contribution in [2.45, 2.75) is 39.2 Å². The third kappa shape index (κ3) is 5.55. The second-order valence-corrected chi connectivity index (χ2v) is 7.08. The van der Waals surface area contributed by atoms with Gasteiger partial charge in [0.25, 0.3) is 0 Å². The van der Waals surface area contributed by atoms with E-state index in [1.165, 1.54) is 11.1 Å². The van der Waals surface area contributed by atoms with Crippen LogP contribution in [-0.2, 0) is 17.6 Å². The summed E-state index contributed by atoms with van der Waals surface area (Å²) in [5.74, 6) is 1.27. The van der Waals surface area contributed by atoms with Crippen LogP contribution in [0, 0.1) is 5.92 Å². The maximum atomic E-state index is 11.8. The highest BCUT2D eigenvalue weighted by atomic mass is 16.2. The van der Waals surface area contributed by atoms with Gasteiger partial charge in [0, 0.05) is 26.7 Å². The molecule has 2 rings (SSSR count). The van der Waals surface area contributed by atoms with Crippen LogP contribution in [0.15, 0.2) is 29.3 Å². The molecule has 1 atom stereocenters. The number of carbonyl (C=O) groups excluding carboxylic acids is 1. The Morgan fingerprint density at radius 2 is 2.00 bits per heavy atom. The van der Waals surface area contributed by atoms with Crippen LogP contribution in [0.1, 0.15) is 31.4 Å². The molecule has 0 radical (unpaired) electrons. The minimum Gasteiger partial charge on any atom is -0.356 e. The molecular weight excluding hydrogens is 300 g/mol. The van der Waals surface area contributed by atoms with Crippen LogP contribution in [-0.4, -0.2) is 50.0 Å². The Labute approximate surface area is 145 Å². The topological polar surface area (TPSA) is 56.7 Å². The molecule has 0 heterocycles. The molecule has 0 saturated carbocycles. The van der Waals surface area contributed by atoms with Gasteiger partial charge in [0.15, 0.2) is 5.96 Å². The van der Waals surface area contributed by atoms with Crippen LogP contribution in [0.3, 0.4) is 0 Å². The lowest BCUT2D eigenvalue weighted by atomic mass is 9.88. The van der Waals surface area contributed by atoms with Crippen molar-refractivity contribution >= 4 is 11.9 Å². The van der Waals surface area contributed by atoms with Gasteiger partial charge < -0.3 is 15.5 Å². The van der Waals surface area contributed by atoms with E-state index in [2.05, 4.69) is 53.7 Å². The van der Waals surface area contributed by atoms with E-state index in [-0.39, 0.29) is 12.5 Å². The molecule has 1 aromatic rings. The molecule has 1 aliphatic carbocycles. The van der Waals surface area contributed by atoms with E-state index in [4.69, 9.17) is 0 Å². The van der Waals surface area contributed by atoms with E-state index < -0.39 is 0 Å². The van der Waals surface area contributed by atoms with Crippen molar-refractivity contribution in [1.82, 2.24) is 15.5 Å². The smallest absolute Gasteiger partial charge is 0.243 e. The number of aliphatic imine (C=N–C) groups is 1. The second kappa shape index (κ2) is 8.71. The molecule has 0 saturated heterocycles. The first-order chi connectivity index (χ1) is 11.5. The fraction of sp³-hybridized carbons (Fsp3) is 0.579. The monoisotopic (exact) mass is 330 g/mol. The Hall–Kier alpha value is -2.04. The zero-order valence-corrected chi connectivity index (χ0v) is 15.3. The molecular formula is C19H30N4O. The fourth-order valence-electron chi connectivity index (χ4n) is 2.76. The molecule has 0 aromatic heterocycles. The van der Waals surface area contributed by atoms with Crippen molar-refractivity contribution in [1.29, 1.82) is 0 Å². The number of amides is 1. The van der Waals surface area contributed by atoms with Gasteiger partial charge in [-0.3, -0.25) is 4.79 Å². The van der Waals surface area contributed by atoms with Gasteiger partial charge in [-0.1, -0.05) is 38.1 Å². The number of nitrogens with one attached hydrogen (secondary N) is 2. The van der Waals surface area contributed by atoms with Crippen molar-refractivity contribution in [2.24, 2.45) is 10.9 Å². The van der Waals surface area contributed by atoms with Gasteiger partial charge in [0.2, 0.25) is 5.91 Å². The predicted molar refractivity (Wildman–Crippen MR) is 99.2 cm³/mol. The van der Waals surface area contributed by atoms with Gasteiger partial charge in [0.1, 0.15) is 6.54 Å². The minimum atomic E-state index is 0.00892. The van der Waals surface area contributed by atoms with Crippen LogP contribution < -0.4 is 10.6 Å². The van der Waals surface area contributed by atoms with Crippen molar-refractivity contribution < 1.29 is 4.79 Å². The Morgan fingerprint density at radius 3 is 2.67 bits per heavy atom. The van der Waals surface area contributed by atoms with E-state index in [9.17, 15) is 4.79 Å². The van der Waals surface area contributed by atoms with Gasteiger partial charge in [-0.15, -0.1) is 0 Å². The fourth-order valence-corrected chi connectivity index (χ4v) is 2.76. The minimum absolute atomic E-state index is 0.00892. The van der Waals surface area contributed by atoms with Crippen LogP contribution in [0.25, 0.3) is 0 Å².